The second kappa shape index (κ2) is 11.8. The molecule has 8 heteroatoms. The number of hydrogen-bond acceptors (Lipinski definition) is 5. The first-order chi connectivity index (χ1) is 19.3. The van der Waals surface area contributed by atoms with Crippen molar-refractivity contribution in [3.05, 3.63) is 101 Å². The lowest BCUT2D eigenvalue weighted by Gasteiger charge is -2.53. The van der Waals surface area contributed by atoms with Crippen LogP contribution in [0.3, 0.4) is 0 Å². The van der Waals surface area contributed by atoms with Crippen LogP contribution in [0.2, 0.25) is 0 Å². The molecule has 3 aromatic carbocycles. The number of methoxy groups -OCH3 is 1. The van der Waals surface area contributed by atoms with Crippen molar-refractivity contribution < 1.29 is 33.0 Å². The highest BCUT2D eigenvalue weighted by Crippen LogP contribution is 2.37. The van der Waals surface area contributed by atoms with Gasteiger partial charge in [0.2, 0.25) is 0 Å². The standard InChI is InChI=1S/C32H35FN2O5/c1-39-28-21-24(13-14-27(28)33)30(36)34-17-8-18-35-19-15-23(16-20-35)29(22-35)40-31(37)32(38,25-9-4-2-5-10-25)26-11-6-3-7-12-26/h2-7,9-14,21,23,29H,8,15-20,22H2,1H3,(H,34,36). The third kappa shape index (κ3) is 5.60. The summed E-state index contributed by atoms with van der Waals surface area (Å²) >= 11 is 0. The number of nitrogens with one attached hydrogen (secondary N) is 1. The third-order valence-electron chi connectivity index (χ3n) is 8.46. The van der Waals surface area contributed by atoms with Gasteiger partial charge in [0, 0.05) is 42.9 Å². The summed E-state index contributed by atoms with van der Waals surface area (Å²) in [6, 6.07) is 21.5. The van der Waals surface area contributed by atoms with E-state index in [1.54, 1.807) is 48.5 Å². The van der Waals surface area contributed by atoms with Crippen molar-refractivity contribution in [3.63, 3.8) is 0 Å². The van der Waals surface area contributed by atoms with Gasteiger partial charge in [0.1, 0.15) is 6.54 Å². The number of quaternary nitrogens is 1. The van der Waals surface area contributed by atoms with Crippen LogP contribution in [0.25, 0.3) is 0 Å². The maximum Gasteiger partial charge on any atom is 0.304 e. The molecular weight excluding hydrogens is 511 g/mol. The Morgan fingerprint density at radius 3 is 2.23 bits per heavy atom. The third-order valence-corrected chi connectivity index (χ3v) is 8.46. The van der Waals surface area contributed by atoms with Crippen LogP contribution in [0.1, 0.15) is 40.7 Å². The second-order valence-corrected chi connectivity index (χ2v) is 10.8. The number of halogens is 1. The van der Waals surface area contributed by atoms with Gasteiger partial charge in [-0.3, -0.25) is 9.59 Å². The molecule has 0 spiro atoms. The molecule has 40 heavy (non-hydrogen) atoms. The minimum Gasteiger partial charge on any atom is -0.834 e. The Bertz CT molecular complexity index is 1290. The van der Waals surface area contributed by atoms with Gasteiger partial charge in [0.15, 0.2) is 17.7 Å². The van der Waals surface area contributed by atoms with Crippen molar-refractivity contribution in [2.75, 3.05) is 39.8 Å². The zero-order valence-electron chi connectivity index (χ0n) is 22.7. The zero-order chi connectivity index (χ0) is 28.2. The van der Waals surface area contributed by atoms with Crippen molar-refractivity contribution in [1.29, 1.82) is 0 Å². The molecule has 1 atom stereocenters. The molecule has 0 aromatic heterocycles. The molecule has 1 unspecified atom stereocenters. The first-order valence-corrected chi connectivity index (χ1v) is 13.8. The number of benzene rings is 3. The molecule has 210 valence electrons. The molecule has 3 saturated heterocycles. The van der Waals surface area contributed by atoms with Gasteiger partial charge in [-0.05, 0) is 29.3 Å². The summed E-state index contributed by atoms with van der Waals surface area (Å²) in [5, 5.41) is 17.2. The molecule has 3 aliphatic heterocycles. The summed E-state index contributed by atoms with van der Waals surface area (Å²) in [7, 11) is 1.36. The van der Waals surface area contributed by atoms with Gasteiger partial charge in [-0.2, -0.15) is 0 Å². The number of carbonyl (C=O) groups excluding carboxylic acids is 2. The Hall–Kier alpha value is -3.75. The van der Waals surface area contributed by atoms with E-state index in [9.17, 15) is 19.1 Å². The highest BCUT2D eigenvalue weighted by atomic mass is 19.1. The zero-order valence-corrected chi connectivity index (χ0v) is 22.7. The normalized spacial score (nSPS) is 22.0. The van der Waals surface area contributed by atoms with Crippen LogP contribution in [0.4, 0.5) is 4.39 Å². The van der Waals surface area contributed by atoms with Gasteiger partial charge in [-0.15, -0.1) is 0 Å². The highest BCUT2D eigenvalue weighted by Gasteiger charge is 2.48. The number of nitrogens with zero attached hydrogens (tertiary/aromatic N) is 1. The van der Waals surface area contributed by atoms with Crippen LogP contribution in [-0.2, 0) is 15.1 Å². The monoisotopic (exact) mass is 546 g/mol. The van der Waals surface area contributed by atoms with Gasteiger partial charge in [0.05, 0.1) is 26.7 Å². The lowest BCUT2D eigenvalue weighted by Crippen LogP contribution is -2.65. The van der Waals surface area contributed by atoms with Gasteiger partial charge in [-0.25, -0.2) is 4.39 Å². The molecule has 3 aliphatic rings. The Morgan fingerprint density at radius 1 is 1.00 bits per heavy atom. The maximum absolute atomic E-state index is 14.3. The number of piperidine rings is 3. The average molecular weight is 547 g/mol. The first-order valence-electron chi connectivity index (χ1n) is 13.8. The molecule has 1 amide bonds. The van der Waals surface area contributed by atoms with E-state index in [2.05, 4.69) is 5.32 Å². The van der Waals surface area contributed by atoms with E-state index in [1.807, 2.05) is 12.1 Å². The number of fused-ring (bicyclic) bond motifs is 3. The fraction of sp³-hybridized carbons (Fsp3) is 0.375. The van der Waals surface area contributed by atoms with Gasteiger partial charge >= 0.3 is 5.97 Å². The molecule has 0 radical (unpaired) electrons. The van der Waals surface area contributed by atoms with Gasteiger partial charge < -0.3 is 24.4 Å². The molecule has 7 nitrogen and oxygen atoms in total. The number of amides is 1. The highest BCUT2D eigenvalue weighted by molar-refractivity contribution is 5.94. The molecule has 3 heterocycles. The minimum atomic E-state index is -2.15. The fourth-order valence-electron chi connectivity index (χ4n) is 6.16. The summed E-state index contributed by atoms with van der Waals surface area (Å²) in [5.74, 6) is -1.28. The summed E-state index contributed by atoms with van der Waals surface area (Å²) in [6.45, 7) is 3.94. The van der Waals surface area contributed by atoms with Crippen molar-refractivity contribution in [2.45, 2.75) is 31.0 Å². The Morgan fingerprint density at radius 2 is 1.62 bits per heavy atom. The van der Waals surface area contributed by atoms with E-state index in [-0.39, 0.29) is 23.7 Å². The fourth-order valence-corrected chi connectivity index (χ4v) is 6.16. The molecule has 0 aliphatic carbocycles. The van der Waals surface area contributed by atoms with Crippen LogP contribution in [0, 0.1) is 11.7 Å². The number of rotatable bonds is 10. The van der Waals surface area contributed by atoms with Crippen LogP contribution >= 0.6 is 0 Å². The molecule has 3 aromatic rings. The summed E-state index contributed by atoms with van der Waals surface area (Å²) in [5.41, 5.74) is -1.07. The Balaban J connectivity index is 1.21. The largest absolute Gasteiger partial charge is 0.834 e. The Labute approximate surface area is 234 Å². The predicted molar refractivity (Wildman–Crippen MR) is 146 cm³/mol. The first kappa shape index (κ1) is 27.8. The van der Waals surface area contributed by atoms with Crippen LogP contribution in [-0.4, -0.2) is 62.3 Å². The number of carbonyl (C=O) groups is 2. The van der Waals surface area contributed by atoms with E-state index in [1.165, 1.54) is 25.3 Å². The molecule has 2 bridgehead atoms. The lowest BCUT2D eigenvalue weighted by atomic mass is 9.82. The van der Waals surface area contributed by atoms with E-state index in [4.69, 9.17) is 9.47 Å². The molecule has 6 rings (SSSR count). The number of ether oxygens (including phenoxy) is 2. The topological polar surface area (TPSA) is 87.7 Å². The lowest BCUT2D eigenvalue weighted by molar-refractivity contribution is -0.946. The maximum atomic E-state index is 14.3. The summed E-state index contributed by atoms with van der Waals surface area (Å²) in [6.07, 6.45) is 2.29. The van der Waals surface area contributed by atoms with Crippen molar-refractivity contribution >= 4 is 11.9 Å². The van der Waals surface area contributed by atoms with E-state index >= 15 is 0 Å². The van der Waals surface area contributed by atoms with E-state index < -0.39 is 17.4 Å². The predicted octanol–water partition coefficient (Wildman–Crippen LogP) is 3.41. The van der Waals surface area contributed by atoms with E-state index in [0.29, 0.717) is 29.8 Å². The SMILES string of the molecule is COc1cc(C(=O)NCCC[N+]23CCC(CC2)C(OC(=O)C([O-])(c2ccccc2)c2ccccc2)C3)ccc1F. The van der Waals surface area contributed by atoms with Crippen LogP contribution < -0.4 is 15.2 Å². The average Bonchev–Trinajstić information content (AvgIpc) is 3.00. The van der Waals surface area contributed by atoms with Crippen LogP contribution in [0.5, 0.6) is 5.75 Å². The van der Waals surface area contributed by atoms with Crippen LogP contribution in [0.15, 0.2) is 78.9 Å². The van der Waals surface area contributed by atoms with Gasteiger partial charge in [-0.1, -0.05) is 60.7 Å². The second-order valence-electron chi connectivity index (χ2n) is 10.8. The minimum absolute atomic E-state index is 0.0318. The quantitative estimate of drug-likeness (QED) is 0.239. The molecule has 3 fully saturated rings. The number of hydrogen-bond donors (Lipinski definition) is 1. The molecular formula is C32H35FN2O5. The Kier molecular flexibility index (Phi) is 8.19. The van der Waals surface area contributed by atoms with E-state index in [0.717, 1.165) is 43.4 Å². The van der Waals surface area contributed by atoms with Crippen molar-refractivity contribution in [1.82, 2.24) is 5.32 Å². The smallest absolute Gasteiger partial charge is 0.304 e. The summed E-state index contributed by atoms with van der Waals surface area (Å²) in [4.78, 5) is 26.2. The summed E-state index contributed by atoms with van der Waals surface area (Å²) < 4.78 is 25.5. The van der Waals surface area contributed by atoms with Crippen molar-refractivity contribution in [2.24, 2.45) is 5.92 Å². The number of esters is 1. The molecule has 1 N–H and O–H groups in total. The van der Waals surface area contributed by atoms with Gasteiger partial charge in [0.25, 0.3) is 5.91 Å². The molecule has 0 saturated carbocycles. The van der Waals surface area contributed by atoms with Crippen molar-refractivity contribution in [3.8, 4) is 5.75 Å².